The summed E-state index contributed by atoms with van der Waals surface area (Å²) < 4.78 is 5.32. The monoisotopic (exact) mass is 270 g/mol. The van der Waals surface area contributed by atoms with E-state index in [0.717, 1.165) is 21.7 Å². The van der Waals surface area contributed by atoms with Crippen molar-refractivity contribution in [1.29, 1.82) is 0 Å². The lowest BCUT2D eigenvalue weighted by atomic mass is 10.0. The molecule has 0 saturated heterocycles. The Bertz CT molecular complexity index is 721. The molecular weight excluding hydrogens is 260 g/mol. The van der Waals surface area contributed by atoms with Gasteiger partial charge < -0.3 is 10.2 Å². The van der Waals surface area contributed by atoms with E-state index < -0.39 is 0 Å². The summed E-state index contributed by atoms with van der Waals surface area (Å²) >= 11 is 6.21. The van der Waals surface area contributed by atoms with Crippen LogP contribution >= 0.6 is 11.6 Å². The molecule has 0 aliphatic heterocycles. The third-order valence-corrected chi connectivity index (χ3v) is 3.19. The van der Waals surface area contributed by atoms with Gasteiger partial charge in [0.1, 0.15) is 0 Å². The number of rotatable bonds is 2. The topological polar surface area (TPSA) is 52.0 Å². The van der Waals surface area contributed by atoms with E-state index in [0.29, 0.717) is 5.76 Å². The molecule has 3 nitrogen and oxygen atoms in total. The molecule has 94 valence electrons. The molecule has 0 aliphatic carbocycles. The average molecular weight is 271 g/mol. The molecule has 1 aromatic heterocycles. The first-order chi connectivity index (χ1) is 9.24. The fourth-order valence-corrected chi connectivity index (χ4v) is 2.20. The average Bonchev–Trinajstić information content (AvgIpc) is 2.86. The summed E-state index contributed by atoms with van der Waals surface area (Å²) in [5.74, 6) is 0.645. The fourth-order valence-electron chi connectivity index (χ4n) is 1.96. The number of nitrogen functional groups attached to an aromatic ring is 1. The molecule has 0 saturated carbocycles. The maximum atomic E-state index is 6.21. The Morgan fingerprint density at radius 1 is 1.00 bits per heavy atom. The molecule has 0 aliphatic rings. The highest BCUT2D eigenvalue weighted by Crippen LogP contribution is 2.31. The Labute approximate surface area is 115 Å². The summed E-state index contributed by atoms with van der Waals surface area (Å²) in [6, 6.07) is 15.8. The zero-order valence-corrected chi connectivity index (χ0v) is 10.8. The standard InChI is InChI=1S/C15H11ClN2O/c16-13-7-2-1-6-12(13)10-4-3-5-11(8-10)14-9-18-15(17)19-14/h1-9H,(H2,17,18). The Balaban J connectivity index is 2.08. The highest BCUT2D eigenvalue weighted by atomic mass is 35.5. The van der Waals surface area contributed by atoms with Crippen LogP contribution in [0.3, 0.4) is 0 Å². The zero-order chi connectivity index (χ0) is 13.2. The van der Waals surface area contributed by atoms with Crippen molar-refractivity contribution >= 4 is 17.6 Å². The van der Waals surface area contributed by atoms with Gasteiger partial charge in [0.05, 0.1) is 6.20 Å². The minimum Gasteiger partial charge on any atom is -0.424 e. The Kier molecular flexibility index (Phi) is 2.97. The number of hydrogen-bond acceptors (Lipinski definition) is 3. The predicted octanol–water partition coefficient (Wildman–Crippen LogP) is 4.24. The molecule has 0 fully saturated rings. The molecule has 0 amide bonds. The van der Waals surface area contributed by atoms with Gasteiger partial charge in [-0.25, -0.2) is 4.98 Å². The summed E-state index contributed by atoms with van der Waals surface area (Å²) in [7, 11) is 0. The zero-order valence-electron chi connectivity index (χ0n) is 10.0. The second-order valence-electron chi connectivity index (χ2n) is 4.12. The first kappa shape index (κ1) is 11.8. The molecule has 0 bridgehead atoms. The second kappa shape index (κ2) is 4.78. The van der Waals surface area contributed by atoms with E-state index >= 15 is 0 Å². The molecular formula is C15H11ClN2O. The molecule has 0 atom stereocenters. The number of nitrogens with zero attached hydrogens (tertiary/aromatic N) is 1. The highest BCUT2D eigenvalue weighted by Gasteiger charge is 2.07. The van der Waals surface area contributed by atoms with Gasteiger partial charge in [0, 0.05) is 16.1 Å². The number of nitrogens with two attached hydrogens (primary N) is 1. The van der Waals surface area contributed by atoms with Crippen LogP contribution in [0.5, 0.6) is 0 Å². The van der Waals surface area contributed by atoms with Crippen LogP contribution in [0.15, 0.2) is 59.1 Å². The van der Waals surface area contributed by atoms with Crippen molar-refractivity contribution < 1.29 is 4.42 Å². The van der Waals surface area contributed by atoms with E-state index in [1.165, 1.54) is 0 Å². The van der Waals surface area contributed by atoms with Gasteiger partial charge >= 0.3 is 0 Å². The first-order valence-corrected chi connectivity index (χ1v) is 6.18. The third-order valence-electron chi connectivity index (χ3n) is 2.86. The summed E-state index contributed by atoms with van der Waals surface area (Å²) in [4.78, 5) is 3.90. The summed E-state index contributed by atoms with van der Waals surface area (Å²) in [5, 5.41) is 0.719. The smallest absolute Gasteiger partial charge is 0.292 e. The number of hydrogen-bond donors (Lipinski definition) is 1. The normalized spacial score (nSPS) is 10.6. The van der Waals surface area contributed by atoms with E-state index in [4.69, 9.17) is 21.8 Å². The Morgan fingerprint density at radius 3 is 2.53 bits per heavy atom. The molecule has 4 heteroatoms. The van der Waals surface area contributed by atoms with Crippen molar-refractivity contribution in [2.45, 2.75) is 0 Å². The number of oxazole rings is 1. The van der Waals surface area contributed by atoms with Crippen LogP contribution in [-0.2, 0) is 0 Å². The summed E-state index contributed by atoms with van der Waals surface area (Å²) in [6.45, 7) is 0. The van der Waals surface area contributed by atoms with Crippen LogP contribution in [0.1, 0.15) is 0 Å². The highest BCUT2D eigenvalue weighted by molar-refractivity contribution is 6.33. The Hall–Kier alpha value is -2.26. The van der Waals surface area contributed by atoms with Gasteiger partial charge in [0.15, 0.2) is 5.76 Å². The van der Waals surface area contributed by atoms with Crippen LogP contribution in [0.4, 0.5) is 6.01 Å². The lowest BCUT2D eigenvalue weighted by Crippen LogP contribution is -1.81. The van der Waals surface area contributed by atoms with Crippen LogP contribution in [0.25, 0.3) is 22.5 Å². The van der Waals surface area contributed by atoms with Crippen molar-refractivity contribution in [2.75, 3.05) is 5.73 Å². The minimum atomic E-state index is 0.165. The van der Waals surface area contributed by atoms with E-state index in [1.807, 2.05) is 48.5 Å². The summed E-state index contributed by atoms with van der Waals surface area (Å²) in [6.07, 6.45) is 1.61. The van der Waals surface area contributed by atoms with Crippen molar-refractivity contribution in [3.8, 4) is 22.5 Å². The molecule has 2 N–H and O–H groups in total. The maximum absolute atomic E-state index is 6.21. The third kappa shape index (κ3) is 2.33. The van der Waals surface area contributed by atoms with Crippen molar-refractivity contribution in [3.05, 3.63) is 59.8 Å². The molecule has 2 aromatic carbocycles. The van der Waals surface area contributed by atoms with Gasteiger partial charge in [-0.2, -0.15) is 0 Å². The van der Waals surface area contributed by atoms with Crippen LogP contribution < -0.4 is 5.73 Å². The molecule has 1 heterocycles. The van der Waals surface area contributed by atoms with E-state index in [9.17, 15) is 0 Å². The minimum absolute atomic E-state index is 0.165. The number of aromatic nitrogens is 1. The second-order valence-corrected chi connectivity index (χ2v) is 4.53. The molecule has 0 unspecified atom stereocenters. The van der Waals surface area contributed by atoms with Crippen molar-refractivity contribution in [1.82, 2.24) is 4.98 Å². The van der Waals surface area contributed by atoms with Crippen LogP contribution in [0.2, 0.25) is 5.02 Å². The fraction of sp³-hybridized carbons (Fsp3) is 0. The SMILES string of the molecule is Nc1ncc(-c2cccc(-c3ccccc3Cl)c2)o1. The molecule has 3 aromatic rings. The molecule has 3 rings (SSSR count). The summed E-state index contributed by atoms with van der Waals surface area (Å²) in [5.41, 5.74) is 8.42. The lowest BCUT2D eigenvalue weighted by Gasteiger charge is -2.05. The molecule has 0 spiro atoms. The van der Waals surface area contributed by atoms with Crippen molar-refractivity contribution in [2.24, 2.45) is 0 Å². The van der Waals surface area contributed by atoms with Gasteiger partial charge in [-0.05, 0) is 17.7 Å². The Morgan fingerprint density at radius 2 is 1.79 bits per heavy atom. The number of benzene rings is 2. The van der Waals surface area contributed by atoms with Gasteiger partial charge in [0.2, 0.25) is 0 Å². The van der Waals surface area contributed by atoms with Crippen LogP contribution in [-0.4, -0.2) is 4.98 Å². The number of halogens is 1. The first-order valence-electron chi connectivity index (χ1n) is 5.81. The van der Waals surface area contributed by atoms with E-state index in [-0.39, 0.29) is 6.01 Å². The van der Waals surface area contributed by atoms with Gasteiger partial charge in [-0.1, -0.05) is 48.0 Å². The quantitative estimate of drug-likeness (QED) is 0.757. The molecule has 19 heavy (non-hydrogen) atoms. The lowest BCUT2D eigenvalue weighted by molar-refractivity contribution is 0.595. The van der Waals surface area contributed by atoms with Gasteiger partial charge in [0.25, 0.3) is 6.01 Å². The van der Waals surface area contributed by atoms with E-state index in [1.54, 1.807) is 6.20 Å². The van der Waals surface area contributed by atoms with E-state index in [2.05, 4.69) is 4.98 Å². The number of anilines is 1. The predicted molar refractivity (Wildman–Crippen MR) is 76.8 cm³/mol. The maximum Gasteiger partial charge on any atom is 0.292 e. The largest absolute Gasteiger partial charge is 0.424 e. The van der Waals surface area contributed by atoms with Gasteiger partial charge in [-0.3, -0.25) is 0 Å². The van der Waals surface area contributed by atoms with Gasteiger partial charge in [-0.15, -0.1) is 0 Å². The molecule has 0 radical (unpaired) electrons. The van der Waals surface area contributed by atoms with Crippen molar-refractivity contribution in [3.63, 3.8) is 0 Å². The van der Waals surface area contributed by atoms with Crippen LogP contribution in [0, 0.1) is 0 Å².